The van der Waals surface area contributed by atoms with Crippen molar-refractivity contribution in [2.45, 2.75) is 30.4 Å². The monoisotopic (exact) mass is 373 g/mol. The van der Waals surface area contributed by atoms with Crippen LogP contribution in [0.25, 0.3) is 0 Å². The summed E-state index contributed by atoms with van der Waals surface area (Å²) in [6.45, 7) is 3.94. The number of anilines is 1. The predicted octanol–water partition coefficient (Wildman–Crippen LogP) is 4.21. The number of halogens is 1. The van der Waals surface area contributed by atoms with Gasteiger partial charge in [-0.25, -0.2) is 9.18 Å². The van der Waals surface area contributed by atoms with E-state index in [4.69, 9.17) is 4.74 Å². The van der Waals surface area contributed by atoms with Gasteiger partial charge in [0.25, 0.3) is 5.91 Å². The number of thioether (sulfide) groups is 1. The number of esters is 1. The van der Waals surface area contributed by atoms with Crippen LogP contribution in [0.3, 0.4) is 0 Å². The summed E-state index contributed by atoms with van der Waals surface area (Å²) in [4.78, 5) is 27.4. The molecule has 1 aliphatic rings. The van der Waals surface area contributed by atoms with E-state index in [-0.39, 0.29) is 18.1 Å². The van der Waals surface area contributed by atoms with E-state index in [1.807, 2.05) is 24.3 Å². The minimum atomic E-state index is -0.705. The normalized spacial score (nSPS) is 16.6. The molecule has 1 heterocycles. The highest BCUT2D eigenvalue weighted by atomic mass is 32.2. The van der Waals surface area contributed by atoms with Gasteiger partial charge >= 0.3 is 5.97 Å². The predicted molar refractivity (Wildman–Crippen MR) is 100 cm³/mol. The lowest BCUT2D eigenvalue weighted by atomic mass is 10.1. The summed E-state index contributed by atoms with van der Waals surface area (Å²) in [7, 11) is 0. The minimum Gasteiger partial charge on any atom is -0.452 e. The van der Waals surface area contributed by atoms with Crippen LogP contribution >= 0.6 is 11.8 Å². The topological polar surface area (TPSA) is 46.6 Å². The Hall–Kier alpha value is -2.34. The average molecular weight is 373 g/mol. The summed E-state index contributed by atoms with van der Waals surface area (Å²) >= 11 is 1.73. The molecule has 136 valence electrons. The third kappa shape index (κ3) is 4.07. The minimum absolute atomic E-state index is 0.0985. The van der Waals surface area contributed by atoms with E-state index in [0.29, 0.717) is 17.4 Å². The van der Waals surface area contributed by atoms with Crippen molar-refractivity contribution < 1.29 is 18.7 Å². The van der Waals surface area contributed by atoms with Gasteiger partial charge in [0.2, 0.25) is 0 Å². The van der Waals surface area contributed by atoms with Gasteiger partial charge in [0.15, 0.2) is 6.61 Å². The van der Waals surface area contributed by atoms with Crippen LogP contribution in [0, 0.1) is 12.7 Å². The highest BCUT2D eigenvalue weighted by Gasteiger charge is 2.25. The molecule has 0 radical (unpaired) electrons. The van der Waals surface area contributed by atoms with Gasteiger partial charge in [-0.1, -0.05) is 25.1 Å². The summed E-state index contributed by atoms with van der Waals surface area (Å²) in [5, 5.41) is 0.395. The number of carbonyl (C=O) groups is 2. The molecular weight excluding hydrogens is 353 g/mol. The number of ether oxygens (including phenoxy) is 1. The summed E-state index contributed by atoms with van der Waals surface area (Å²) in [6.07, 6.45) is 0.849. The van der Waals surface area contributed by atoms with Crippen molar-refractivity contribution in [2.75, 3.05) is 18.1 Å². The van der Waals surface area contributed by atoms with E-state index < -0.39 is 11.8 Å². The second kappa shape index (κ2) is 7.91. The third-order valence-corrected chi connectivity index (χ3v) is 5.52. The Labute approximate surface area is 156 Å². The van der Waals surface area contributed by atoms with E-state index in [2.05, 4.69) is 6.92 Å². The van der Waals surface area contributed by atoms with Gasteiger partial charge < -0.3 is 9.64 Å². The number of rotatable bonds is 3. The maximum atomic E-state index is 13.6. The third-order valence-electron chi connectivity index (χ3n) is 4.28. The molecule has 0 aromatic heterocycles. The molecule has 2 aromatic rings. The first-order valence-electron chi connectivity index (χ1n) is 8.45. The molecule has 0 bridgehead atoms. The van der Waals surface area contributed by atoms with Crippen LogP contribution in [0.15, 0.2) is 47.4 Å². The molecule has 1 atom stereocenters. The van der Waals surface area contributed by atoms with Crippen LogP contribution < -0.4 is 4.90 Å². The standard InChI is InChI=1S/C20H20FNO3S/c1-13-7-8-15(11-16(13)21)20(24)25-12-19(23)22-10-9-14(2)26-18-6-4-3-5-17(18)22/h3-8,11,14H,9-10,12H2,1-2H3/t14-/m1/s1. The Morgan fingerprint density at radius 2 is 2.04 bits per heavy atom. The second-order valence-electron chi connectivity index (χ2n) is 6.27. The number of carbonyl (C=O) groups excluding carboxylic acids is 2. The van der Waals surface area contributed by atoms with Crippen LogP contribution in [0.1, 0.15) is 29.3 Å². The van der Waals surface area contributed by atoms with Crippen LogP contribution in [0.5, 0.6) is 0 Å². The Kier molecular flexibility index (Phi) is 5.61. The van der Waals surface area contributed by atoms with Crippen molar-refractivity contribution >= 4 is 29.3 Å². The molecule has 0 fully saturated rings. The molecular formula is C20H20FNO3S. The van der Waals surface area contributed by atoms with E-state index in [0.717, 1.165) is 23.1 Å². The number of benzene rings is 2. The number of para-hydroxylation sites is 1. The summed E-state index contributed by atoms with van der Waals surface area (Å²) in [5.74, 6) is -1.46. The molecule has 0 spiro atoms. The lowest BCUT2D eigenvalue weighted by Gasteiger charge is -2.22. The van der Waals surface area contributed by atoms with Gasteiger partial charge in [0.05, 0.1) is 11.3 Å². The molecule has 0 saturated carbocycles. The second-order valence-corrected chi connectivity index (χ2v) is 7.75. The largest absolute Gasteiger partial charge is 0.452 e. The van der Waals surface area contributed by atoms with Crippen LogP contribution in [0.2, 0.25) is 0 Å². The molecule has 0 N–H and O–H groups in total. The lowest BCUT2D eigenvalue weighted by Crippen LogP contribution is -2.35. The summed E-state index contributed by atoms with van der Waals surface area (Å²) in [5.41, 5.74) is 1.39. The number of aryl methyl sites for hydroxylation is 1. The van der Waals surface area contributed by atoms with Crippen molar-refractivity contribution in [3.63, 3.8) is 0 Å². The van der Waals surface area contributed by atoms with Gasteiger partial charge in [0.1, 0.15) is 5.82 Å². The van der Waals surface area contributed by atoms with Gasteiger partial charge in [-0.15, -0.1) is 11.8 Å². The fourth-order valence-electron chi connectivity index (χ4n) is 2.75. The van der Waals surface area contributed by atoms with Crippen molar-refractivity contribution in [1.82, 2.24) is 0 Å². The van der Waals surface area contributed by atoms with E-state index in [1.54, 1.807) is 23.6 Å². The lowest BCUT2D eigenvalue weighted by molar-refractivity contribution is -0.121. The first-order valence-corrected chi connectivity index (χ1v) is 9.33. The quantitative estimate of drug-likeness (QED) is 0.756. The number of fused-ring (bicyclic) bond motifs is 1. The Morgan fingerprint density at radius 1 is 1.27 bits per heavy atom. The number of amides is 1. The molecule has 0 saturated heterocycles. The molecule has 4 nitrogen and oxygen atoms in total. The molecule has 0 unspecified atom stereocenters. The van der Waals surface area contributed by atoms with Crippen LogP contribution in [-0.4, -0.2) is 30.3 Å². The fourth-order valence-corrected chi connectivity index (χ4v) is 3.87. The van der Waals surface area contributed by atoms with Crippen LogP contribution in [-0.2, 0) is 9.53 Å². The zero-order valence-electron chi connectivity index (χ0n) is 14.7. The Morgan fingerprint density at radius 3 is 2.81 bits per heavy atom. The molecule has 1 amide bonds. The SMILES string of the molecule is Cc1ccc(C(=O)OCC(=O)N2CC[C@@H](C)Sc3ccccc32)cc1F. The highest BCUT2D eigenvalue weighted by Crippen LogP contribution is 2.37. The Balaban J connectivity index is 1.70. The number of hydrogen-bond donors (Lipinski definition) is 0. The average Bonchev–Trinajstić information content (AvgIpc) is 2.80. The van der Waals surface area contributed by atoms with E-state index >= 15 is 0 Å². The smallest absolute Gasteiger partial charge is 0.338 e. The zero-order chi connectivity index (χ0) is 18.7. The van der Waals surface area contributed by atoms with Crippen molar-refractivity contribution in [2.24, 2.45) is 0 Å². The van der Waals surface area contributed by atoms with Crippen molar-refractivity contribution in [3.05, 3.63) is 59.4 Å². The zero-order valence-corrected chi connectivity index (χ0v) is 15.5. The molecule has 6 heteroatoms. The molecule has 3 rings (SSSR count). The first kappa shape index (κ1) is 18.5. The molecule has 2 aromatic carbocycles. The van der Waals surface area contributed by atoms with E-state index in [9.17, 15) is 14.0 Å². The number of nitrogens with zero attached hydrogens (tertiary/aromatic N) is 1. The summed E-state index contributed by atoms with van der Waals surface area (Å²) < 4.78 is 18.7. The van der Waals surface area contributed by atoms with Crippen molar-refractivity contribution in [3.8, 4) is 0 Å². The first-order chi connectivity index (χ1) is 12.5. The Bertz CT molecular complexity index is 840. The summed E-state index contributed by atoms with van der Waals surface area (Å²) in [6, 6.07) is 11.8. The van der Waals surface area contributed by atoms with E-state index in [1.165, 1.54) is 12.1 Å². The van der Waals surface area contributed by atoms with Gasteiger partial charge in [-0.2, -0.15) is 0 Å². The fraction of sp³-hybridized carbons (Fsp3) is 0.300. The molecule has 0 aliphatic carbocycles. The molecule has 1 aliphatic heterocycles. The maximum absolute atomic E-state index is 13.6. The maximum Gasteiger partial charge on any atom is 0.338 e. The number of hydrogen-bond acceptors (Lipinski definition) is 4. The molecule has 26 heavy (non-hydrogen) atoms. The van der Waals surface area contributed by atoms with Crippen LogP contribution in [0.4, 0.5) is 10.1 Å². The van der Waals surface area contributed by atoms with Gasteiger partial charge in [-0.3, -0.25) is 4.79 Å². The van der Waals surface area contributed by atoms with Gasteiger partial charge in [0, 0.05) is 16.7 Å². The van der Waals surface area contributed by atoms with Crippen molar-refractivity contribution in [1.29, 1.82) is 0 Å². The highest BCUT2D eigenvalue weighted by molar-refractivity contribution is 8.00. The van der Waals surface area contributed by atoms with Gasteiger partial charge in [-0.05, 0) is 43.2 Å².